The minimum atomic E-state index is 0.440. The highest BCUT2D eigenvalue weighted by Gasteiger charge is 2.33. The Bertz CT molecular complexity index is 285. The van der Waals surface area contributed by atoms with Crippen LogP contribution in [0, 0.1) is 11.3 Å². The molecule has 1 aliphatic heterocycles. The molecule has 20 heavy (non-hydrogen) atoms. The van der Waals surface area contributed by atoms with Gasteiger partial charge in [-0.2, -0.15) is 0 Å². The van der Waals surface area contributed by atoms with Gasteiger partial charge in [-0.15, -0.1) is 0 Å². The first-order valence-corrected chi connectivity index (χ1v) is 8.94. The fraction of sp³-hybridized carbons (Fsp3) is 1.00. The molecule has 0 amide bonds. The fourth-order valence-corrected chi connectivity index (χ4v) is 4.18. The number of piperazine rings is 1. The van der Waals surface area contributed by atoms with Gasteiger partial charge in [-0.3, -0.25) is 0 Å². The molecule has 3 heteroatoms. The molecule has 3 fully saturated rings. The zero-order chi connectivity index (χ0) is 13.8. The van der Waals surface area contributed by atoms with Crippen molar-refractivity contribution in [2.24, 2.45) is 17.1 Å². The molecule has 0 unspecified atom stereocenters. The zero-order valence-electron chi connectivity index (χ0n) is 13.2. The molecule has 0 bridgehead atoms. The average Bonchev–Trinajstić information content (AvgIpc) is 3.29. The van der Waals surface area contributed by atoms with Gasteiger partial charge in [0, 0.05) is 39.3 Å². The van der Waals surface area contributed by atoms with Crippen molar-refractivity contribution in [2.75, 3.05) is 45.8 Å². The van der Waals surface area contributed by atoms with Gasteiger partial charge < -0.3 is 15.5 Å². The van der Waals surface area contributed by atoms with Crippen LogP contribution < -0.4 is 5.73 Å². The van der Waals surface area contributed by atoms with E-state index in [1.54, 1.807) is 0 Å². The Morgan fingerprint density at radius 2 is 1.45 bits per heavy atom. The van der Waals surface area contributed by atoms with Crippen molar-refractivity contribution < 1.29 is 0 Å². The monoisotopic (exact) mass is 279 g/mol. The van der Waals surface area contributed by atoms with Crippen LogP contribution >= 0.6 is 0 Å². The summed E-state index contributed by atoms with van der Waals surface area (Å²) in [6.45, 7) is 8.66. The predicted octanol–water partition coefficient (Wildman–Crippen LogP) is 2.31. The van der Waals surface area contributed by atoms with Gasteiger partial charge in [-0.1, -0.05) is 25.7 Å². The first-order chi connectivity index (χ1) is 9.80. The van der Waals surface area contributed by atoms with Crippen LogP contribution in [-0.4, -0.2) is 55.6 Å². The highest BCUT2D eigenvalue weighted by molar-refractivity contribution is 4.88. The van der Waals surface area contributed by atoms with E-state index < -0.39 is 0 Å². The van der Waals surface area contributed by atoms with Crippen LogP contribution in [0.15, 0.2) is 0 Å². The second-order valence-electron chi connectivity index (χ2n) is 7.64. The van der Waals surface area contributed by atoms with Crippen molar-refractivity contribution in [3.05, 3.63) is 0 Å². The number of hydrogen-bond acceptors (Lipinski definition) is 3. The summed E-state index contributed by atoms with van der Waals surface area (Å²) in [6, 6.07) is 0. The van der Waals surface area contributed by atoms with Gasteiger partial charge in [0.05, 0.1) is 0 Å². The van der Waals surface area contributed by atoms with Crippen molar-refractivity contribution in [3.8, 4) is 0 Å². The minimum absolute atomic E-state index is 0.440. The maximum absolute atomic E-state index is 6.19. The molecule has 0 aromatic rings. The predicted molar refractivity (Wildman–Crippen MR) is 84.8 cm³/mol. The van der Waals surface area contributed by atoms with Gasteiger partial charge in [0.15, 0.2) is 0 Å². The molecule has 0 atom stereocenters. The third-order valence-corrected chi connectivity index (χ3v) is 5.83. The third-order valence-electron chi connectivity index (χ3n) is 5.83. The van der Waals surface area contributed by atoms with Gasteiger partial charge in [-0.05, 0) is 43.6 Å². The molecule has 3 nitrogen and oxygen atoms in total. The van der Waals surface area contributed by atoms with Crippen LogP contribution in [0.2, 0.25) is 0 Å². The van der Waals surface area contributed by atoms with Gasteiger partial charge in [0.1, 0.15) is 0 Å². The van der Waals surface area contributed by atoms with E-state index >= 15 is 0 Å². The molecule has 0 aromatic carbocycles. The highest BCUT2D eigenvalue weighted by Crippen LogP contribution is 2.35. The normalized spacial score (nSPS) is 29.2. The molecule has 2 N–H and O–H groups in total. The van der Waals surface area contributed by atoms with Crippen molar-refractivity contribution in [2.45, 2.75) is 51.4 Å². The van der Waals surface area contributed by atoms with Crippen molar-refractivity contribution >= 4 is 0 Å². The summed E-state index contributed by atoms with van der Waals surface area (Å²) in [7, 11) is 0. The largest absolute Gasteiger partial charge is 0.330 e. The molecular formula is C17H33N3. The summed E-state index contributed by atoms with van der Waals surface area (Å²) in [5, 5.41) is 0. The van der Waals surface area contributed by atoms with Crippen LogP contribution in [0.3, 0.4) is 0 Å². The van der Waals surface area contributed by atoms with E-state index in [9.17, 15) is 0 Å². The number of nitrogens with zero attached hydrogens (tertiary/aromatic N) is 2. The van der Waals surface area contributed by atoms with Gasteiger partial charge in [0.2, 0.25) is 0 Å². The Hall–Kier alpha value is -0.120. The second-order valence-corrected chi connectivity index (χ2v) is 7.64. The van der Waals surface area contributed by atoms with Crippen LogP contribution in [-0.2, 0) is 0 Å². The van der Waals surface area contributed by atoms with E-state index in [-0.39, 0.29) is 0 Å². The smallest absolute Gasteiger partial charge is 0.0110 e. The quantitative estimate of drug-likeness (QED) is 0.784. The van der Waals surface area contributed by atoms with Crippen LogP contribution in [0.4, 0.5) is 0 Å². The van der Waals surface area contributed by atoms with Gasteiger partial charge in [-0.25, -0.2) is 0 Å². The Labute approximate surface area is 124 Å². The topological polar surface area (TPSA) is 32.5 Å². The number of nitrogens with two attached hydrogens (primary N) is 1. The summed E-state index contributed by atoms with van der Waals surface area (Å²) in [5.41, 5.74) is 6.63. The SMILES string of the molecule is NCC1(CN2CCN(CC3CC3)CC2)CCCCCC1. The third kappa shape index (κ3) is 3.96. The van der Waals surface area contributed by atoms with E-state index in [0.29, 0.717) is 5.41 Å². The van der Waals surface area contributed by atoms with E-state index in [1.807, 2.05) is 0 Å². The molecule has 1 heterocycles. The van der Waals surface area contributed by atoms with Crippen LogP contribution in [0.1, 0.15) is 51.4 Å². The number of hydrogen-bond donors (Lipinski definition) is 1. The first-order valence-electron chi connectivity index (χ1n) is 8.94. The average molecular weight is 279 g/mol. The Balaban J connectivity index is 1.46. The van der Waals surface area contributed by atoms with Crippen LogP contribution in [0.5, 0.6) is 0 Å². The molecule has 1 saturated heterocycles. The summed E-state index contributed by atoms with van der Waals surface area (Å²) in [5.74, 6) is 1.04. The zero-order valence-corrected chi connectivity index (χ0v) is 13.2. The van der Waals surface area contributed by atoms with Gasteiger partial charge in [0.25, 0.3) is 0 Å². The lowest BCUT2D eigenvalue weighted by molar-refractivity contribution is 0.0770. The highest BCUT2D eigenvalue weighted by atomic mass is 15.3. The molecule has 2 saturated carbocycles. The lowest BCUT2D eigenvalue weighted by Crippen LogP contribution is -2.51. The second kappa shape index (κ2) is 6.76. The Morgan fingerprint density at radius 3 is 2.00 bits per heavy atom. The van der Waals surface area contributed by atoms with E-state index in [1.165, 1.54) is 90.6 Å². The fourth-order valence-electron chi connectivity index (χ4n) is 4.18. The molecule has 0 spiro atoms. The van der Waals surface area contributed by atoms with Crippen molar-refractivity contribution in [1.29, 1.82) is 0 Å². The standard InChI is InChI=1S/C17H33N3/c18-14-17(7-3-1-2-4-8-17)15-20-11-9-19(10-12-20)13-16-5-6-16/h16H,1-15,18H2. The number of rotatable bonds is 5. The van der Waals surface area contributed by atoms with E-state index in [4.69, 9.17) is 5.73 Å². The van der Waals surface area contributed by atoms with Crippen LogP contribution in [0.25, 0.3) is 0 Å². The molecule has 3 rings (SSSR count). The first kappa shape index (κ1) is 14.8. The van der Waals surface area contributed by atoms with E-state index in [2.05, 4.69) is 9.80 Å². The summed E-state index contributed by atoms with van der Waals surface area (Å²) < 4.78 is 0. The minimum Gasteiger partial charge on any atom is -0.330 e. The van der Waals surface area contributed by atoms with Crippen molar-refractivity contribution in [1.82, 2.24) is 9.80 Å². The lowest BCUT2D eigenvalue weighted by Gasteiger charge is -2.41. The summed E-state index contributed by atoms with van der Waals surface area (Å²) in [4.78, 5) is 5.40. The molecule has 116 valence electrons. The van der Waals surface area contributed by atoms with E-state index in [0.717, 1.165) is 12.5 Å². The van der Waals surface area contributed by atoms with Gasteiger partial charge >= 0.3 is 0 Å². The van der Waals surface area contributed by atoms with Crippen molar-refractivity contribution in [3.63, 3.8) is 0 Å². The summed E-state index contributed by atoms with van der Waals surface area (Å²) in [6.07, 6.45) is 11.4. The maximum Gasteiger partial charge on any atom is 0.0110 e. The molecule has 0 radical (unpaired) electrons. The Kier molecular flexibility index (Phi) is 5.00. The lowest BCUT2D eigenvalue weighted by atomic mass is 9.79. The Morgan fingerprint density at radius 1 is 0.850 bits per heavy atom. The molecule has 3 aliphatic rings. The molecule has 0 aromatic heterocycles. The molecular weight excluding hydrogens is 246 g/mol. The maximum atomic E-state index is 6.19. The summed E-state index contributed by atoms with van der Waals surface area (Å²) >= 11 is 0. The molecule has 2 aliphatic carbocycles.